The number of rotatable bonds is 11. The summed E-state index contributed by atoms with van der Waals surface area (Å²) in [7, 11) is 0. The van der Waals surface area contributed by atoms with Crippen molar-refractivity contribution in [3.05, 3.63) is 152 Å². The lowest BCUT2D eigenvalue weighted by Crippen LogP contribution is -2.56. The van der Waals surface area contributed by atoms with Crippen LogP contribution in [0.2, 0.25) is 0 Å². The molecule has 77 heavy (non-hydrogen) atoms. The Labute approximate surface area is 450 Å². The Morgan fingerprint density at radius 1 is 0.714 bits per heavy atom. The largest absolute Gasteiger partial charge is 0.478 e. The van der Waals surface area contributed by atoms with E-state index in [0.717, 1.165) is 25.9 Å². The van der Waals surface area contributed by atoms with Gasteiger partial charge in [-0.05, 0) is 150 Å². The van der Waals surface area contributed by atoms with Gasteiger partial charge in [0.05, 0.1) is 35.8 Å². The number of hydrogen-bond acceptors (Lipinski definition) is 16. The number of hydrogen-bond donors (Lipinski definition) is 3. The van der Waals surface area contributed by atoms with Crippen molar-refractivity contribution in [1.82, 2.24) is 15.1 Å². The van der Waals surface area contributed by atoms with Gasteiger partial charge < -0.3 is 39.8 Å². The van der Waals surface area contributed by atoms with E-state index < -0.39 is 48.2 Å². The van der Waals surface area contributed by atoms with Crippen molar-refractivity contribution in [2.75, 3.05) is 46.0 Å². The van der Waals surface area contributed by atoms with Crippen molar-refractivity contribution in [2.24, 2.45) is 11.7 Å². The number of nitrogens with two attached hydrogens (primary N) is 1. The first-order valence-corrected chi connectivity index (χ1v) is 25.8. The molecule has 1 amide bonds. The number of amides is 1. The number of carbonyl (C=O) groups excluding carboxylic acids is 7. The second kappa shape index (κ2) is 27.9. The average Bonchev–Trinajstić information content (AvgIpc) is 3.41. The molecule has 0 aromatic heterocycles. The first-order valence-electron chi connectivity index (χ1n) is 25.8. The molecule has 412 valence electrons. The molecule has 18 nitrogen and oxygen atoms in total. The predicted molar refractivity (Wildman–Crippen MR) is 283 cm³/mol. The number of alkyl carbamates (subject to hydrolysis) is 1. The molecule has 4 aromatic carbocycles. The maximum absolute atomic E-state index is 12.7. The average molecular weight is 1060 g/mol. The number of nitrogens with zero attached hydrogens (tertiary/aromatic N) is 2. The summed E-state index contributed by atoms with van der Waals surface area (Å²) in [4.78, 5) is 92.9. The second-order valence-corrected chi connectivity index (χ2v) is 20.2. The Morgan fingerprint density at radius 2 is 1.22 bits per heavy atom. The highest BCUT2D eigenvalue weighted by Gasteiger charge is 2.44. The molecule has 5 atom stereocenters. The van der Waals surface area contributed by atoms with Crippen LogP contribution in [0.15, 0.2) is 96.2 Å². The molecule has 0 bridgehead atoms. The summed E-state index contributed by atoms with van der Waals surface area (Å²) >= 11 is 0. The number of fused-ring (bicyclic) bond motifs is 6. The van der Waals surface area contributed by atoms with Crippen molar-refractivity contribution in [2.45, 2.75) is 118 Å². The van der Waals surface area contributed by atoms with Gasteiger partial charge in [-0.3, -0.25) is 14.6 Å². The Hall–Kier alpha value is -7.66. The molecule has 4 N–H and O–H groups in total. The van der Waals surface area contributed by atoms with Crippen LogP contribution in [0.4, 0.5) is 4.79 Å². The second-order valence-electron chi connectivity index (χ2n) is 20.2. The number of benzene rings is 4. The summed E-state index contributed by atoms with van der Waals surface area (Å²) in [5.74, 6) is -3.79. The van der Waals surface area contributed by atoms with Gasteiger partial charge in [-0.1, -0.05) is 60.7 Å². The fourth-order valence-electron chi connectivity index (χ4n) is 9.68. The first kappa shape index (κ1) is 60.2. The Kier molecular flexibility index (Phi) is 21.8. The number of piperidine rings is 1. The van der Waals surface area contributed by atoms with Gasteiger partial charge in [-0.15, -0.1) is 0 Å². The molecule has 0 radical (unpaired) electrons. The summed E-state index contributed by atoms with van der Waals surface area (Å²) in [6.07, 6.45) is 1.58. The van der Waals surface area contributed by atoms with Gasteiger partial charge in [0.2, 0.25) is 6.10 Å². The first-order chi connectivity index (χ1) is 36.6. The van der Waals surface area contributed by atoms with Crippen molar-refractivity contribution in [1.29, 1.82) is 0 Å². The van der Waals surface area contributed by atoms with E-state index in [2.05, 4.69) is 67.1 Å². The van der Waals surface area contributed by atoms with E-state index in [1.807, 2.05) is 34.6 Å². The molecule has 4 heterocycles. The minimum absolute atomic E-state index is 0.184. The number of ether oxygens (including phenoxy) is 5. The van der Waals surface area contributed by atoms with Crippen molar-refractivity contribution >= 4 is 42.1 Å². The van der Waals surface area contributed by atoms with Crippen LogP contribution in [0.1, 0.15) is 125 Å². The highest BCUT2D eigenvalue weighted by molar-refractivity contribution is 5.92. The summed E-state index contributed by atoms with van der Waals surface area (Å²) in [5.41, 5.74) is 18.2. The van der Waals surface area contributed by atoms with Crippen LogP contribution in [-0.4, -0.2) is 121 Å². The smallest absolute Gasteiger partial charge is 0.407 e. The van der Waals surface area contributed by atoms with Crippen LogP contribution >= 0.6 is 0 Å². The lowest BCUT2D eigenvalue weighted by Gasteiger charge is -2.46. The van der Waals surface area contributed by atoms with E-state index >= 15 is 0 Å². The molecular formula is C59H72N4O14. The van der Waals surface area contributed by atoms with E-state index in [4.69, 9.17) is 44.1 Å². The van der Waals surface area contributed by atoms with E-state index in [-0.39, 0.29) is 41.3 Å². The fourth-order valence-corrected chi connectivity index (χ4v) is 9.68. The van der Waals surface area contributed by atoms with Crippen LogP contribution < -0.4 is 11.1 Å². The van der Waals surface area contributed by atoms with Crippen LogP contribution in [0.25, 0.3) is 0 Å². The van der Waals surface area contributed by atoms with Gasteiger partial charge in [0, 0.05) is 56.4 Å². The molecule has 0 aliphatic carbocycles. The van der Waals surface area contributed by atoms with E-state index in [1.165, 1.54) is 68.8 Å². The van der Waals surface area contributed by atoms with Gasteiger partial charge in [0.15, 0.2) is 0 Å². The molecule has 8 rings (SSSR count). The molecule has 4 aromatic rings. The van der Waals surface area contributed by atoms with Gasteiger partial charge in [-0.2, -0.15) is 9.59 Å². The molecule has 4 aliphatic rings. The third-order valence-electron chi connectivity index (χ3n) is 13.7. The van der Waals surface area contributed by atoms with E-state index in [0.29, 0.717) is 56.5 Å². The maximum atomic E-state index is 12.7. The van der Waals surface area contributed by atoms with E-state index in [1.54, 1.807) is 36.4 Å². The molecule has 18 heteroatoms. The third kappa shape index (κ3) is 16.7. The number of esters is 4. The molecule has 1 fully saturated rings. The summed E-state index contributed by atoms with van der Waals surface area (Å²) in [6, 6.07) is 25.4. The van der Waals surface area contributed by atoms with Crippen LogP contribution in [0.5, 0.6) is 0 Å². The third-order valence-corrected chi connectivity index (χ3v) is 13.7. The van der Waals surface area contributed by atoms with Gasteiger partial charge in [0.1, 0.15) is 12.2 Å². The van der Waals surface area contributed by atoms with Crippen molar-refractivity contribution < 1.29 is 67.1 Å². The number of nitrogens with one attached hydrogen (secondary N) is 1. The van der Waals surface area contributed by atoms with E-state index in [9.17, 15) is 28.8 Å². The molecule has 0 unspecified atom stereocenters. The quantitative estimate of drug-likeness (QED) is 0.0965. The highest BCUT2D eigenvalue weighted by Crippen LogP contribution is 2.41. The van der Waals surface area contributed by atoms with Crippen LogP contribution in [0.3, 0.4) is 0 Å². The minimum Gasteiger partial charge on any atom is -0.478 e. The van der Waals surface area contributed by atoms with Gasteiger partial charge in [-0.25, -0.2) is 24.0 Å². The number of aryl methyl sites for hydroxylation is 4. The maximum Gasteiger partial charge on any atom is 0.407 e. The molecule has 1 saturated heterocycles. The summed E-state index contributed by atoms with van der Waals surface area (Å²) < 4.78 is 25.7. The van der Waals surface area contributed by atoms with Crippen molar-refractivity contribution in [3.8, 4) is 0 Å². The Morgan fingerprint density at radius 3 is 1.74 bits per heavy atom. The normalized spacial score (nSPS) is 18.7. The molecular weight excluding hydrogens is 989 g/mol. The Balaban J connectivity index is 0.000000210. The number of carbonyl (C=O) groups is 6. The lowest BCUT2D eigenvalue weighted by atomic mass is 9.79. The molecule has 0 saturated carbocycles. The monoisotopic (exact) mass is 1060 g/mol. The highest BCUT2D eigenvalue weighted by atomic mass is 16.6. The van der Waals surface area contributed by atoms with Gasteiger partial charge >= 0.3 is 42.1 Å². The number of carboxylic acids is 1. The number of carboxylic acid groups (broad SMARTS) is 1. The standard InChI is InChI=1S/C23H34N2O4.C18H24N2O2.C17H14O6.CO2/c1-7-28-21(26)18-13-25-9-8-16-10-14(2)15(3)11-17(16)20(25)12-19(18)24-22(27)29-23(4,5)6;1-4-22-18(21)15-10-20-6-5-13-7-11(2)12(3)8-14(13)17(20)9-16(15)19;18-15(19)14(23-17(21)13-9-5-2-6-10-13)11-22-16(20)12-7-3-1-4-8-12;2-1-3/h10-11,18-20H,7-9,12-13H2,1-6H3,(H,24,27);7-8,17H,4-6,9-10,19H2,1-3H3;1-10,14H,11H2,(H,18,19);/t18-,19-,20-;17-;14-;/m000./s1. The topological polar surface area (TPSA) is 247 Å². The zero-order valence-corrected chi connectivity index (χ0v) is 45.5. The molecule has 0 spiro atoms. The van der Waals surface area contributed by atoms with Crippen LogP contribution in [0, 0.1) is 33.6 Å². The van der Waals surface area contributed by atoms with Gasteiger partial charge in [0.25, 0.3) is 0 Å². The molecule has 4 aliphatic heterocycles. The zero-order chi connectivity index (χ0) is 56.6. The lowest BCUT2D eigenvalue weighted by molar-refractivity contribution is -0.191. The summed E-state index contributed by atoms with van der Waals surface area (Å²) in [5, 5.41) is 12.0. The van der Waals surface area contributed by atoms with Crippen molar-refractivity contribution in [3.63, 3.8) is 0 Å². The summed E-state index contributed by atoms with van der Waals surface area (Å²) in [6.45, 7) is 20.9. The number of aliphatic carboxylic acids is 1. The fraction of sp³-hybridized carbons (Fsp3) is 0.441. The Bertz CT molecular complexity index is 2800. The minimum atomic E-state index is -1.57. The van der Waals surface area contributed by atoms with Crippen LogP contribution in [-0.2, 0) is 60.5 Å². The SMILES string of the molecule is CCOC(=O)C1=C(N)C[C@H]2c3cc(C)c(C)cc3CCN2C1.CCOC(=O)[C@H]1CN2CCc3cc(C)c(C)cc3[C@@H]2C[C@@H]1NC(=O)OC(C)(C)C.O=C(OC[C@H](OC(=O)c1ccccc1)C(=O)O)c1ccccc1.O=C=O. The zero-order valence-electron chi connectivity index (χ0n) is 45.5. The predicted octanol–water partition coefficient (Wildman–Crippen LogP) is 7.63.